The monoisotopic (exact) mass is 365 g/mol. The molecule has 0 aliphatic heterocycles. The van der Waals surface area contributed by atoms with E-state index in [9.17, 15) is 19.7 Å². The summed E-state index contributed by atoms with van der Waals surface area (Å²) in [4.78, 5) is 35.9. The molecule has 0 saturated carbocycles. The van der Waals surface area contributed by atoms with E-state index in [1.54, 1.807) is 12.1 Å². The molecule has 0 N–H and O–H groups in total. The van der Waals surface area contributed by atoms with Gasteiger partial charge in [-0.25, -0.2) is 0 Å². The van der Waals surface area contributed by atoms with Crippen molar-refractivity contribution in [2.24, 2.45) is 5.41 Å². The second kappa shape index (κ2) is 7.15. The van der Waals surface area contributed by atoms with Crippen LogP contribution in [0.4, 0.5) is 5.69 Å². The van der Waals surface area contributed by atoms with Crippen LogP contribution in [0.15, 0.2) is 60.7 Å². The Kier molecular flexibility index (Phi) is 4.90. The number of nitrogens with zero attached hydrogens (tertiary/aromatic N) is 1. The molecule has 1 unspecified atom stereocenters. The number of ether oxygens (including phenoxy) is 1. The Balaban J connectivity index is 1.81. The third-order valence-corrected chi connectivity index (χ3v) is 5.08. The van der Waals surface area contributed by atoms with Gasteiger partial charge in [-0.05, 0) is 43.0 Å². The largest absolute Gasteiger partial charge is 0.489 e. The van der Waals surface area contributed by atoms with Crippen LogP contribution >= 0.6 is 0 Å². The molecule has 0 spiro atoms. The number of carbonyl (C=O) groups excluding carboxylic acids is 2. The molecule has 0 fully saturated rings. The third kappa shape index (κ3) is 3.26. The van der Waals surface area contributed by atoms with Gasteiger partial charge in [0.15, 0.2) is 5.78 Å². The minimum atomic E-state index is -1.30. The molecule has 6 nitrogen and oxygen atoms in total. The number of rotatable bonds is 6. The number of Topliss-reactive ketones (excluding diaryl/α,β-unsaturated/α-hetero) is 2. The van der Waals surface area contributed by atoms with Crippen molar-refractivity contribution in [1.82, 2.24) is 0 Å². The van der Waals surface area contributed by atoms with Gasteiger partial charge in [0.1, 0.15) is 23.6 Å². The van der Waals surface area contributed by atoms with Crippen LogP contribution in [0, 0.1) is 15.5 Å². The van der Waals surface area contributed by atoms with Gasteiger partial charge in [-0.2, -0.15) is 0 Å². The summed E-state index contributed by atoms with van der Waals surface area (Å²) in [6.45, 7) is 5.36. The first-order valence-electron chi connectivity index (χ1n) is 8.55. The molecular formula is C21H19NO5. The quantitative estimate of drug-likeness (QED) is 0.335. The second-order valence-electron chi connectivity index (χ2n) is 6.59. The summed E-state index contributed by atoms with van der Waals surface area (Å²) in [5, 5.41) is 10.7. The van der Waals surface area contributed by atoms with E-state index in [4.69, 9.17) is 4.74 Å². The predicted molar refractivity (Wildman–Crippen MR) is 99.9 cm³/mol. The van der Waals surface area contributed by atoms with Crippen LogP contribution in [-0.4, -0.2) is 23.1 Å². The Morgan fingerprint density at radius 3 is 2.52 bits per heavy atom. The van der Waals surface area contributed by atoms with E-state index < -0.39 is 10.3 Å². The summed E-state index contributed by atoms with van der Waals surface area (Å²) < 4.78 is 5.64. The predicted octanol–water partition coefficient (Wildman–Crippen LogP) is 3.93. The molecule has 1 atom stereocenters. The highest BCUT2D eigenvalue weighted by molar-refractivity contribution is 6.17. The molecule has 138 valence electrons. The number of nitro groups is 1. The van der Waals surface area contributed by atoms with Gasteiger partial charge in [0.2, 0.25) is 0 Å². The third-order valence-electron chi connectivity index (χ3n) is 5.08. The normalized spacial score (nSPS) is 18.5. The fraction of sp³-hybridized carbons (Fsp3) is 0.238. The highest BCUT2D eigenvalue weighted by atomic mass is 16.6. The highest BCUT2D eigenvalue weighted by Gasteiger charge is 2.48. The van der Waals surface area contributed by atoms with Gasteiger partial charge < -0.3 is 4.74 Å². The number of benzene rings is 2. The van der Waals surface area contributed by atoms with Crippen molar-refractivity contribution < 1.29 is 19.2 Å². The van der Waals surface area contributed by atoms with Gasteiger partial charge in [-0.1, -0.05) is 30.8 Å². The lowest BCUT2D eigenvalue weighted by Gasteiger charge is -2.36. The lowest BCUT2D eigenvalue weighted by atomic mass is 9.64. The van der Waals surface area contributed by atoms with Crippen LogP contribution in [0.5, 0.6) is 5.75 Å². The molecule has 1 aliphatic rings. The molecule has 2 aromatic rings. The summed E-state index contributed by atoms with van der Waals surface area (Å²) in [5.41, 5.74) is 0.544. The zero-order chi connectivity index (χ0) is 19.6. The molecular weight excluding hydrogens is 346 g/mol. The first-order chi connectivity index (χ1) is 12.9. The van der Waals surface area contributed by atoms with Gasteiger partial charge >= 0.3 is 0 Å². The average molecular weight is 365 g/mol. The van der Waals surface area contributed by atoms with Crippen molar-refractivity contribution in [3.05, 3.63) is 81.9 Å². The van der Waals surface area contributed by atoms with Gasteiger partial charge in [-0.3, -0.25) is 19.7 Å². The van der Waals surface area contributed by atoms with E-state index >= 15 is 0 Å². The minimum absolute atomic E-state index is 0.0225. The Labute approximate surface area is 156 Å². The maximum Gasteiger partial charge on any atom is 0.269 e. The minimum Gasteiger partial charge on any atom is -0.489 e. The zero-order valence-electron chi connectivity index (χ0n) is 14.9. The maximum atomic E-state index is 13.1. The molecule has 0 aromatic heterocycles. The Morgan fingerprint density at radius 1 is 1.22 bits per heavy atom. The molecule has 0 radical (unpaired) electrons. The zero-order valence-corrected chi connectivity index (χ0v) is 14.9. The second-order valence-corrected chi connectivity index (χ2v) is 6.59. The topological polar surface area (TPSA) is 86.5 Å². The maximum absolute atomic E-state index is 13.1. The van der Waals surface area contributed by atoms with Crippen LogP contribution in [0.1, 0.15) is 29.3 Å². The molecule has 0 heterocycles. The van der Waals surface area contributed by atoms with E-state index in [0.717, 1.165) is 5.56 Å². The number of fused-ring (bicyclic) bond motifs is 1. The molecule has 1 aliphatic carbocycles. The van der Waals surface area contributed by atoms with Crippen LogP contribution < -0.4 is 4.74 Å². The van der Waals surface area contributed by atoms with E-state index in [-0.39, 0.29) is 23.9 Å². The number of ketones is 2. The Hall–Kier alpha value is -3.28. The molecule has 0 bridgehead atoms. The molecule has 3 rings (SSSR count). The van der Waals surface area contributed by atoms with E-state index in [1.165, 1.54) is 31.2 Å². The summed E-state index contributed by atoms with van der Waals surface area (Å²) in [5.74, 6) is -0.0856. The van der Waals surface area contributed by atoms with Crippen molar-refractivity contribution >= 4 is 17.3 Å². The number of hydrogen-bond acceptors (Lipinski definition) is 5. The fourth-order valence-electron chi connectivity index (χ4n) is 3.51. The van der Waals surface area contributed by atoms with Crippen molar-refractivity contribution in [2.75, 3.05) is 6.61 Å². The smallest absolute Gasteiger partial charge is 0.269 e. The van der Waals surface area contributed by atoms with Gasteiger partial charge in [0, 0.05) is 17.7 Å². The van der Waals surface area contributed by atoms with Crippen molar-refractivity contribution in [2.45, 2.75) is 19.8 Å². The number of aryl methyl sites for hydroxylation is 1. The fourth-order valence-corrected chi connectivity index (χ4v) is 3.51. The van der Waals surface area contributed by atoms with Crippen LogP contribution in [0.25, 0.3) is 0 Å². The molecule has 0 saturated heterocycles. The Bertz CT molecular complexity index is 932. The van der Waals surface area contributed by atoms with Gasteiger partial charge in [-0.15, -0.1) is 0 Å². The van der Waals surface area contributed by atoms with E-state index in [2.05, 4.69) is 6.58 Å². The molecule has 27 heavy (non-hydrogen) atoms. The van der Waals surface area contributed by atoms with E-state index in [1.807, 2.05) is 12.1 Å². The first-order valence-corrected chi connectivity index (χ1v) is 8.55. The van der Waals surface area contributed by atoms with Gasteiger partial charge in [0.25, 0.3) is 5.69 Å². The van der Waals surface area contributed by atoms with Crippen molar-refractivity contribution in [3.63, 3.8) is 0 Å². The molecule has 6 heteroatoms. The highest BCUT2D eigenvalue weighted by Crippen LogP contribution is 2.41. The Morgan fingerprint density at radius 2 is 1.89 bits per heavy atom. The van der Waals surface area contributed by atoms with Crippen LogP contribution in [0.2, 0.25) is 0 Å². The average Bonchev–Trinajstić information content (AvgIpc) is 2.67. The van der Waals surface area contributed by atoms with Gasteiger partial charge in [0.05, 0.1) is 4.92 Å². The lowest BCUT2D eigenvalue weighted by molar-refractivity contribution is -0.384. The number of hydrogen-bond donors (Lipinski definition) is 0. The van der Waals surface area contributed by atoms with Crippen LogP contribution in [0.3, 0.4) is 0 Å². The van der Waals surface area contributed by atoms with E-state index in [0.29, 0.717) is 29.7 Å². The standard InChI is InChI=1S/C21H19NO5/c1-14(13-27-18-9-7-17(8-10-18)22(25)26)21(15(2)23)12-11-16-5-3-4-6-19(16)20(21)24/h3-10H,1,11-13H2,2H3. The van der Waals surface area contributed by atoms with Crippen molar-refractivity contribution in [3.8, 4) is 5.75 Å². The molecule has 0 amide bonds. The van der Waals surface area contributed by atoms with Crippen molar-refractivity contribution in [1.29, 1.82) is 0 Å². The molecule has 2 aromatic carbocycles. The number of nitro benzene ring substituents is 1. The first kappa shape index (κ1) is 18.5. The summed E-state index contributed by atoms with van der Waals surface area (Å²) in [6, 6.07) is 12.9. The lowest BCUT2D eigenvalue weighted by Crippen LogP contribution is -2.44. The number of non-ortho nitro benzene ring substituents is 1. The summed E-state index contributed by atoms with van der Waals surface area (Å²) >= 11 is 0. The van der Waals surface area contributed by atoms with Crippen LogP contribution in [-0.2, 0) is 11.2 Å². The number of carbonyl (C=O) groups is 2. The summed E-state index contributed by atoms with van der Waals surface area (Å²) in [7, 11) is 0. The summed E-state index contributed by atoms with van der Waals surface area (Å²) in [6.07, 6.45) is 0.971. The SMILES string of the molecule is C=C(COc1ccc([N+](=O)[O-])cc1)C1(C(C)=O)CCc2ccccc2C1=O.